The molecule has 4 N–H and O–H groups in total. The van der Waals surface area contributed by atoms with Gasteiger partial charge >= 0.3 is 213 Å². The van der Waals surface area contributed by atoms with E-state index in [0.29, 0.717) is 30.3 Å². The monoisotopic (exact) mass is 593 g/mol. The van der Waals surface area contributed by atoms with E-state index in [-0.39, 0.29) is 26.9 Å². The Morgan fingerprint density at radius 3 is 3.06 bits per heavy atom. The fourth-order valence-corrected chi connectivity index (χ4v) is 8.26. The van der Waals surface area contributed by atoms with Crippen LogP contribution >= 0.6 is 11.8 Å². The Labute approximate surface area is 212 Å². The number of hydrogen-bond donors (Lipinski definition) is 4. The van der Waals surface area contributed by atoms with Crippen molar-refractivity contribution < 1.29 is 31.0 Å². The van der Waals surface area contributed by atoms with Crippen LogP contribution in [0.25, 0.3) is 0 Å². The predicted octanol–water partition coefficient (Wildman–Crippen LogP) is -0.0335. The maximum atomic E-state index is 14.7. The molecule has 188 valence electrons. The Hall–Kier alpha value is -0.690. The Bertz CT molecular complexity index is 791. The molecular weight excluding hydrogens is 554 g/mol. The molecule has 0 radical (unpaired) electrons. The molecule has 0 saturated heterocycles. The van der Waals surface area contributed by atoms with E-state index < -0.39 is 12.4 Å². The van der Waals surface area contributed by atoms with Crippen LogP contribution in [0.1, 0.15) is 52.9 Å². The second-order valence-corrected chi connectivity index (χ2v) is 13.9. The Morgan fingerprint density at radius 2 is 2.33 bits per heavy atom. The minimum atomic E-state index is -0.936. The second kappa shape index (κ2) is 12.9. The zero-order valence-electron chi connectivity index (χ0n) is 20.2. The first kappa shape index (κ1) is 26.9. The zero-order chi connectivity index (χ0) is 23.8. The molecule has 0 spiro atoms. The molecule has 0 amide bonds. The van der Waals surface area contributed by atoms with E-state index in [1.807, 2.05) is 18.0 Å². The van der Waals surface area contributed by atoms with Crippen LogP contribution in [-0.4, -0.2) is 70.8 Å². The van der Waals surface area contributed by atoms with Crippen LogP contribution in [0, 0.1) is 5.41 Å². The molecule has 3 rings (SSSR count). The topological polar surface area (TPSA) is 84.3 Å². The predicted molar refractivity (Wildman–Crippen MR) is 132 cm³/mol. The number of hydrazine groups is 1. The van der Waals surface area contributed by atoms with Gasteiger partial charge in [-0.25, -0.2) is 0 Å². The minimum absolute atomic E-state index is 0.274. The molecule has 10 heteroatoms. The van der Waals surface area contributed by atoms with Crippen LogP contribution in [0.5, 0.6) is 0 Å². The van der Waals surface area contributed by atoms with E-state index in [0.717, 1.165) is 49.6 Å². The first-order chi connectivity index (χ1) is 15.8. The summed E-state index contributed by atoms with van der Waals surface area (Å²) in [6.45, 7) is 9.51. The summed E-state index contributed by atoms with van der Waals surface area (Å²) in [7, 11) is 1.77. The van der Waals surface area contributed by atoms with Crippen molar-refractivity contribution in [3.63, 3.8) is 0 Å². The summed E-state index contributed by atoms with van der Waals surface area (Å²) in [6.07, 6.45) is 6.59. The molecule has 4 atom stereocenters. The van der Waals surface area contributed by atoms with Crippen molar-refractivity contribution in [1.29, 1.82) is 0 Å². The molecule has 0 aromatic heterocycles. The van der Waals surface area contributed by atoms with Gasteiger partial charge in [0.05, 0.1) is 0 Å². The summed E-state index contributed by atoms with van der Waals surface area (Å²) < 4.78 is 18.4. The number of aliphatic imine (C=N–C) groups is 2. The Balaban J connectivity index is 1.63. The van der Waals surface area contributed by atoms with Gasteiger partial charge in [0.25, 0.3) is 0 Å². The van der Waals surface area contributed by atoms with Crippen LogP contribution in [-0.2, 0) is 0 Å². The van der Waals surface area contributed by atoms with E-state index in [9.17, 15) is 9.50 Å². The standard InChI is InChI=1S/C23H39FIN6OS/c1-5-8-23(3,22-19(24)7-6-9-28-22)15-29-20-10-16(2)25-31(30-20)14-18-13-27-12-17(33-18)11-21(32)26-4/h10,12,18-19,21,26-27,32H,5-9,11,13-15H2,1-4H3,(H,29,30)/q-1. The van der Waals surface area contributed by atoms with Crippen molar-refractivity contribution in [3.8, 4) is 0 Å². The van der Waals surface area contributed by atoms with Gasteiger partial charge in [0, 0.05) is 0 Å². The molecule has 3 aliphatic rings. The Kier molecular flexibility index (Phi) is 10.5. The number of amidine groups is 1. The average molecular weight is 594 g/mol. The first-order valence-corrected chi connectivity index (χ1v) is 14.8. The molecule has 0 aromatic rings. The van der Waals surface area contributed by atoms with E-state index in [1.54, 1.807) is 7.05 Å². The molecule has 0 saturated carbocycles. The summed E-state index contributed by atoms with van der Waals surface area (Å²) >= 11 is 1.56. The number of nitrogens with zero attached hydrogens (tertiary/aromatic N) is 3. The average Bonchev–Trinajstić information content (AvgIpc) is 2.78. The van der Waals surface area contributed by atoms with Crippen molar-refractivity contribution in [1.82, 2.24) is 19.3 Å². The maximum absolute atomic E-state index is 14.7. The second-order valence-electron chi connectivity index (χ2n) is 9.13. The van der Waals surface area contributed by atoms with Gasteiger partial charge in [-0.15, -0.1) is 0 Å². The summed E-state index contributed by atoms with van der Waals surface area (Å²) in [4.78, 5) is 10.7. The van der Waals surface area contributed by atoms with Gasteiger partial charge in [-0.1, -0.05) is 0 Å². The number of halogens is 2. The third kappa shape index (κ3) is 7.91. The summed E-state index contributed by atoms with van der Waals surface area (Å²) in [5, 5.41) is 16.5. The van der Waals surface area contributed by atoms with Crippen LogP contribution in [0.15, 0.2) is 30.7 Å². The van der Waals surface area contributed by atoms with E-state index in [1.165, 1.54) is 3.58 Å². The van der Waals surface area contributed by atoms with E-state index in [4.69, 9.17) is 4.99 Å². The summed E-state index contributed by atoms with van der Waals surface area (Å²) in [6, 6.07) is 0. The SMILES string of the molecule is CCCC(C)(CN=C1C=C(C)[I-]N(CC2CNC=C(CC(O)NC)S2)N1)C1=NCCCC1F. The van der Waals surface area contributed by atoms with Crippen molar-refractivity contribution in [2.24, 2.45) is 15.4 Å². The molecule has 33 heavy (non-hydrogen) atoms. The van der Waals surface area contributed by atoms with Gasteiger partial charge in [-0.2, -0.15) is 0 Å². The number of aliphatic hydroxyl groups is 1. The van der Waals surface area contributed by atoms with Gasteiger partial charge in [-0.05, 0) is 0 Å². The number of aliphatic hydroxyl groups excluding tert-OH is 1. The Morgan fingerprint density at radius 1 is 1.52 bits per heavy atom. The van der Waals surface area contributed by atoms with E-state index >= 15 is 0 Å². The van der Waals surface area contributed by atoms with Gasteiger partial charge < -0.3 is 0 Å². The third-order valence-corrected chi connectivity index (χ3v) is 9.56. The number of nitrogens with one attached hydrogen (secondary N) is 3. The number of hydrogen-bond acceptors (Lipinski definition) is 7. The van der Waals surface area contributed by atoms with Gasteiger partial charge in [0.2, 0.25) is 0 Å². The van der Waals surface area contributed by atoms with E-state index in [2.05, 4.69) is 51.1 Å². The van der Waals surface area contributed by atoms with Crippen LogP contribution < -0.4 is 37.5 Å². The molecule has 7 nitrogen and oxygen atoms in total. The third-order valence-electron chi connectivity index (χ3n) is 6.04. The van der Waals surface area contributed by atoms with Crippen LogP contribution in [0.3, 0.4) is 0 Å². The fraction of sp³-hybridized carbons (Fsp3) is 0.739. The number of rotatable bonds is 10. The molecule has 0 aromatic carbocycles. The molecule has 3 aliphatic heterocycles. The van der Waals surface area contributed by atoms with Crippen molar-refractivity contribution in [2.75, 3.05) is 33.2 Å². The molecular formula is C23H39FIN6OS-. The number of thioether (sulfide) groups is 1. The summed E-state index contributed by atoms with van der Waals surface area (Å²) in [5.41, 5.74) is 3.91. The van der Waals surface area contributed by atoms with Gasteiger partial charge in [0.15, 0.2) is 0 Å². The zero-order valence-corrected chi connectivity index (χ0v) is 23.2. The van der Waals surface area contributed by atoms with Crippen LogP contribution in [0.2, 0.25) is 0 Å². The molecule has 3 heterocycles. The molecule has 0 aliphatic carbocycles. The fourth-order valence-electron chi connectivity index (χ4n) is 4.36. The molecule has 0 bridgehead atoms. The van der Waals surface area contributed by atoms with Crippen LogP contribution in [0.4, 0.5) is 4.39 Å². The molecule has 0 fully saturated rings. The normalized spacial score (nSPS) is 28.4. The van der Waals surface area contributed by atoms with Gasteiger partial charge in [-0.3, -0.25) is 0 Å². The number of allylic oxidation sites excluding steroid dienone is 1. The van der Waals surface area contributed by atoms with Crippen molar-refractivity contribution in [3.05, 3.63) is 20.8 Å². The van der Waals surface area contributed by atoms with Crippen molar-refractivity contribution >= 4 is 23.3 Å². The first-order valence-electron chi connectivity index (χ1n) is 11.9. The van der Waals surface area contributed by atoms with Gasteiger partial charge in [0.1, 0.15) is 0 Å². The quantitative estimate of drug-likeness (QED) is 0.162. The summed E-state index contributed by atoms with van der Waals surface area (Å²) in [5.74, 6) is 0.864. The number of alkyl halides is 1. The van der Waals surface area contributed by atoms with Crippen molar-refractivity contribution in [2.45, 2.75) is 70.5 Å². The molecule has 4 unspecified atom stereocenters.